The predicted molar refractivity (Wildman–Crippen MR) is 99.7 cm³/mol. The van der Waals surface area contributed by atoms with Crippen molar-refractivity contribution in [1.29, 1.82) is 0 Å². The molecule has 0 spiro atoms. The first kappa shape index (κ1) is 23.1. The monoisotopic (exact) mass is 460 g/mol. The van der Waals surface area contributed by atoms with Crippen LogP contribution >= 0.6 is 0 Å². The molecular formula is C21H13AlF8O. The predicted octanol–water partition coefficient (Wildman–Crippen LogP) is 3.94. The molecule has 31 heavy (non-hydrogen) atoms. The van der Waals surface area contributed by atoms with Gasteiger partial charge in [-0.1, -0.05) is 12.1 Å². The molecule has 0 aromatic heterocycles. The van der Waals surface area contributed by atoms with Crippen LogP contribution in [-0.4, -0.2) is 21.3 Å². The van der Waals surface area contributed by atoms with Gasteiger partial charge in [-0.25, -0.2) is 30.7 Å². The van der Waals surface area contributed by atoms with E-state index >= 15 is 4.39 Å². The molecule has 3 aromatic rings. The highest BCUT2D eigenvalue weighted by Gasteiger charge is 2.43. The van der Waals surface area contributed by atoms with Gasteiger partial charge in [0.1, 0.15) is 23.3 Å². The molecule has 0 saturated carbocycles. The van der Waals surface area contributed by atoms with Crippen LogP contribution in [0.25, 0.3) is 0 Å². The van der Waals surface area contributed by atoms with Crippen molar-refractivity contribution >= 4 is 27.4 Å². The summed E-state index contributed by atoms with van der Waals surface area (Å²) in [5.74, 6) is -14.9. The van der Waals surface area contributed by atoms with Crippen LogP contribution in [-0.2, 0) is 0 Å². The smallest absolute Gasteiger partial charge is 0.412 e. The minimum absolute atomic E-state index is 0.183. The highest BCUT2D eigenvalue weighted by atomic mass is 27.2. The molecule has 3 aromatic carbocycles. The maximum absolute atomic E-state index is 15.1. The van der Waals surface area contributed by atoms with Gasteiger partial charge in [-0.3, -0.25) is 0 Å². The van der Waals surface area contributed by atoms with Gasteiger partial charge in [0.15, 0.2) is 23.2 Å². The summed E-state index contributed by atoms with van der Waals surface area (Å²) in [6, 6.07) is 3.54. The molecule has 0 amide bonds. The summed E-state index contributed by atoms with van der Waals surface area (Å²) >= 11 is -4.43. The van der Waals surface area contributed by atoms with Gasteiger partial charge >= 0.3 is 14.1 Å². The fourth-order valence-electron chi connectivity index (χ4n) is 3.38. The van der Waals surface area contributed by atoms with Crippen LogP contribution in [0.4, 0.5) is 35.1 Å². The first-order chi connectivity index (χ1) is 14.5. The Morgan fingerprint density at radius 1 is 0.548 bits per heavy atom. The Labute approximate surface area is 176 Å². The fourth-order valence-corrected chi connectivity index (χ4v) is 6.72. The quantitative estimate of drug-likeness (QED) is 0.248. The second kappa shape index (κ2) is 8.52. The summed E-state index contributed by atoms with van der Waals surface area (Å²) in [6.45, 7) is 2.40. The van der Waals surface area contributed by atoms with E-state index in [-0.39, 0.29) is 11.1 Å². The number of rotatable bonds is 4. The van der Waals surface area contributed by atoms with E-state index in [2.05, 4.69) is 4.74 Å². The van der Waals surface area contributed by atoms with Gasteiger partial charge in [0, 0.05) is 0 Å². The minimum Gasteiger partial charge on any atom is -0.491 e. The molecule has 0 atom stereocenters. The Balaban J connectivity index is 2.58. The largest absolute Gasteiger partial charge is 0.491 e. The van der Waals surface area contributed by atoms with Crippen LogP contribution in [0.2, 0.25) is 0 Å². The lowest BCUT2D eigenvalue weighted by molar-refractivity contribution is 0.338. The Morgan fingerprint density at radius 3 is 1.42 bits per heavy atom. The Hall–Kier alpha value is -2.57. The zero-order chi connectivity index (χ0) is 23.2. The highest BCUT2D eigenvalue weighted by molar-refractivity contribution is 6.95. The number of aryl methyl sites for hydroxylation is 2. The van der Waals surface area contributed by atoms with Crippen LogP contribution in [0.3, 0.4) is 0 Å². The summed E-state index contributed by atoms with van der Waals surface area (Å²) in [4.78, 5) is 0. The number of benzene rings is 3. The molecule has 0 bridgehead atoms. The van der Waals surface area contributed by atoms with Crippen molar-refractivity contribution in [2.24, 2.45) is 0 Å². The van der Waals surface area contributed by atoms with E-state index < -0.39 is 79.7 Å². The van der Waals surface area contributed by atoms with Gasteiger partial charge in [0.05, 0.1) is 7.11 Å². The van der Waals surface area contributed by atoms with Gasteiger partial charge in [0.25, 0.3) is 0 Å². The highest BCUT2D eigenvalue weighted by Crippen LogP contribution is 2.26. The van der Waals surface area contributed by atoms with E-state index in [0.29, 0.717) is 0 Å². The van der Waals surface area contributed by atoms with Crippen LogP contribution in [0.15, 0.2) is 24.3 Å². The van der Waals surface area contributed by atoms with Crippen LogP contribution in [0, 0.1) is 60.4 Å². The maximum Gasteiger partial charge on any atom is 0.412 e. The molecule has 0 saturated heterocycles. The first-order valence-electron chi connectivity index (χ1n) is 8.81. The van der Waals surface area contributed by atoms with Crippen molar-refractivity contribution in [3.8, 4) is 5.75 Å². The molecule has 10 heteroatoms. The van der Waals surface area contributed by atoms with Gasteiger partial charge in [-0.05, 0) is 50.4 Å². The normalized spacial score (nSPS) is 11.1. The Morgan fingerprint density at radius 2 is 1.00 bits per heavy atom. The molecule has 0 aliphatic carbocycles. The van der Waals surface area contributed by atoms with Crippen molar-refractivity contribution < 1.29 is 39.9 Å². The van der Waals surface area contributed by atoms with Crippen molar-refractivity contribution in [3.63, 3.8) is 0 Å². The Kier molecular flexibility index (Phi) is 6.35. The van der Waals surface area contributed by atoms with Crippen molar-refractivity contribution in [1.82, 2.24) is 0 Å². The van der Waals surface area contributed by atoms with E-state index in [1.165, 1.54) is 13.8 Å². The number of halogens is 8. The molecule has 0 aliphatic rings. The molecule has 0 aliphatic heterocycles. The summed E-state index contributed by atoms with van der Waals surface area (Å²) in [5.41, 5.74) is -0.365. The summed E-state index contributed by atoms with van der Waals surface area (Å²) in [5, 5.41) is 0. The molecule has 0 N–H and O–H groups in total. The third kappa shape index (κ3) is 3.68. The average Bonchev–Trinajstić information content (AvgIpc) is 2.72. The van der Waals surface area contributed by atoms with E-state index in [4.69, 9.17) is 0 Å². The van der Waals surface area contributed by atoms with Gasteiger partial charge in [0.2, 0.25) is 5.82 Å². The lowest BCUT2D eigenvalue weighted by Crippen LogP contribution is -2.59. The molecule has 0 heterocycles. The average molecular weight is 460 g/mol. The van der Waals surface area contributed by atoms with Crippen LogP contribution < -0.4 is 18.0 Å². The summed E-state index contributed by atoms with van der Waals surface area (Å²) in [6.07, 6.45) is 0. The lowest BCUT2D eigenvalue weighted by Gasteiger charge is -2.21. The number of ether oxygens (including phenoxy) is 1. The van der Waals surface area contributed by atoms with E-state index in [1.807, 2.05) is 0 Å². The van der Waals surface area contributed by atoms with E-state index in [0.717, 1.165) is 31.4 Å². The molecule has 0 unspecified atom stereocenters. The maximum atomic E-state index is 15.1. The number of methoxy groups -OCH3 is 1. The van der Waals surface area contributed by atoms with Crippen LogP contribution in [0.1, 0.15) is 11.1 Å². The SMILES string of the molecule is COc1c(F)c(F)c(F)[c]([Al]([c]2c(F)ccc(C)c2F)[c]2c(F)ccc(C)c2F)c1F. The molecular weight excluding hydrogens is 447 g/mol. The van der Waals surface area contributed by atoms with Gasteiger partial charge in [-0.15, -0.1) is 0 Å². The molecule has 162 valence electrons. The summed E-state index contributed by atoms with van der Waals surface area (Å²) < 4.78 is 119. The van der Waals surface area contributed by atoms with Gasteiger partial charge in [-0.2, -0.15) is 4.39 Å². The molecule has 0 radical (unpaired) electrons. The summed E-state index contributed by atoms with van der Waals surface area (Å²) in [7, 11) is 0.751. The number of hydrogen-bond acceptors (Lipinski definition) is 1. The second-order valence-electron chi connectivity index (χ2n) is 6.82. The standard InChI is InChI=1S/C7H3F4O.2C7H5F2.Al/c1-12-7-4(9)2-3(8)5(10)6(7)11;2*1-5-2-3-6(8)4-7(5)9;/h1H3;2*2-3H,1H3;. The van der Waals surface area contributed by atoms with E-state index in [9.17, 15) is 30.7 Å². The van der Waals surface area contributed by atoms with Crippen molar-refractivity contribution in [2.45, 2.75) is 13.8 Å². The van der Waals surface area contributed by atoms with Crippen molar-refractivity contribution in [3.05, 3.63) is 81.9 Å². The van der Waals surface area contributed by atoms with Gasteiger partial charge < -0.3 is 4.74 Å². The topological polar surface area (TPSA) is 9.23 Å². The third-order valence-corrected chi connectivity index (χ3v) is 8.26. The molecule has 1 nitrogen and oxygen atoms in total. The fraction of sp³-hybridized carbons (Fsp3) is 0.143. The number of hydrogen-bond donors (Lipinski definition) is 0. The molecule has 3 rings (SSSR count). The lowest BCUT2D eigenvalue weighted by atomic mass is 10.2. The zero-order valence-electron chi connectivity index (χ0n) is 16.3. The van der Waals surface area contributed by atoms with E-state index in [1.54, 1.807) is 0 Å². The minimum atomic E-state index is -4.43. The zero-order valence-corrected chi connectivity index (χ0v) is 17.5. The van der Waals surface area contributed by atoms with Crippen LogP contribution in [0.5, 0.6) is 5.75 Å². The van der Waals surface area contributed by atoms with Crippen molar-refractivity contribution in [2.75, 3.05) is 7.11 Å². The first-order valence-corrected chi connectivity index (χ1v) is 10.5. The molecule has 0 fully saturated rings. The Bertz CT molecular complexity index is 1140. The second-order valence-corrected chi connectivity index (χ2v) is 9.42. The third-order valence-electron chi connectivity index (χ3n) is 4.97.